The van der Waals surface area contributed by atoms with Crippen LogP contribution in [-0.2, 0) is 6.54 Å². The summed E-state index contributed by atoms with van der Waals surface area (Å²) in [6.45, 7) is 2.56. The van der Waals surface area contributed by atoms with Crippen molar-refractivity contribution in [3.63, 3.8) is 0 Å². The summed E-state index contributed by atoms with van der Waals surface area (Å²) in [4.78, 5) is 18.3. The Bertz CT molecular complexity index is 827. The van der Waals surface area contributed by atoms with Crippen molar-refractivity contribution in [2.24, 2.45) is 0 Å². The molecule has 0 aliphatic carbocycles. The number of hydrogen-bond donors (Lipinski definition) is 1. The molecule has 25 heavy (non-hydrogen) atoms. The van der Waals surface area contributed by atoms with Crippen LogP contribution in [0.1, 0.15) is 21.5 Å². The molecular weight excluding hydrogens is 310 g/mol. The van der Waals surface area contributed by atoms with Crippen molar-refractivity contribution < 1.29 is 4.79 Å². The Labute approximate surface area is 148 Å². The fraction of sp³-hybridized carbons (Fsp3) is 0.143. The Morgan fingerprint density at radius 3 is 2.08 bits per heavy atom. The van der Waals surface area contributed by atoms with E-state index in [0.717, 1.165) is 16.9 Å². The number of amides is 1. The topological polar surface area (TPSA) is 45.2 Å². The lowest BCUT2D eigenvalue weighted by Gasteiger charge is -2.20. The van der Waals surface area contributed by atoms with Gasteiger partial charge in [0, 0.05) is 42.9 Å². The number of aryl methyl sites for hydroxylation is 1. The van der Waals surface area contributed by atoms with Gasteiger partial charge in [0.05, 0.1) is 0 Å². The molecule has 4 nitrogen and oxygen atoms in total. The van der Waals surface area contributed by atoms with E-state index in [1.54, 1.807) is 12.4 Å². The number of carbonyl (C=O) groups excluding carboxylic acids is 1. The molecule has 4 heteroatoms. The number of nitrogens with zero attached hydrogens (tertiary/aromatic N) is 2. The van der Waals surface area contributed by atoms with E-state index in [4.69, 9.17) is 0 Å². The van der Waals surface area contributed by atoms with Gasteiger partial charge in [0.1, 0.15) is 0 Å². The third kappa shape index (κ3) is 4.23. The van der Waals surface area contributed by atoms with E-state index in [9.17, 15) is 4.79 Å². The first kappa shape index (κ1) is 16.7. The van der Waals surface area contributed by atoms with Crippen LogP contribution in [0.4, 0.5) is 11.4 Å². The van der Waals surface area contributed by atoms with Crippen LogP contribution in [0, 0.1) is 6.92 Å². The third-order valence-corrected chi connectivity index (χ3v) is 4.14. The van der Waals surface area contributed by atoms with Crippen LogP contribution in [0.2, 0.25) is 0 Å². The van der Waals surface area contributed by atoms with Gasteiger partial charge in [-0.1, -0.05) is 17.7 Å². The monoisotopic (exact) mass is 331 g/mol. The maximum Gasteiger partial charge on any atom is 0.251 e. The van der Waals surface area contributed by atoms with Crippen molar-refractivity contribution in [1.82, 2.24) is 10.3 Å². The van der Waals surface area contributed by atoms with Gasteiger partial charge >= 0.3 is 0 Å². The van der Waals surface area contributed by atoms with Gasteiger partial charge in [-0.15, -0.1) is 0 Å². The average molecular weight is 331 g/mol. The minimum absolute atomic E-state index is 0.0821. The second kappa shape index (κ2) is 7.62. The van der Waals surface area contributed by atoms with Gasteiger partial charge in [-0.3, -0.25) is 9.78 Å². The largest absolute Gasteiger partial charge is 0.348 e. The van der Waals surface area contributed by atoms with Crippen molar-refractivity contribution in [3.05, 3.63) is 89.7 Å². The van der Waals surface area contributed by atoms with Crippen LogP contribution < -0.4 is 10.2 Å². The van der Waals surface area contributed by atoms with Crippen LogP contribution in [0.5, 0.6) is 0 Å². The van der Waals surface area contributed by atoms with E-state index in [2.05, 4.69) is 46.4 Å². The first-order valence-electron chi connectivity index (χ1n) is 8.21. The fourth-order valence-corrected chi connectivity index (χ4v) is 2.54. The molecule has 0 radical (unpaired) electrons. The zero-order chi connectivity index (χ0) is 17.6. The Hall–Kier alpha value is -3.14. The molecule has 1 amide bonds. The molecule has 3 aromatic rings. The van der Waals surface area contributed by atoms with E-state index in [-0.39, 0.29) is 5.91 Å². The number of pyridine rings is 1. The lowest BCUT2D eigenvalue weighted by molar-refractivity contribution is 0.0951. The van der Waals surface area contributed by atoms with Crippen LogP contribution in [0.3, 0.4) is 0 Å². The Kier molecular flexibility index (Phi) is 5.09. The maximum absolute atomic E-state index is 12.3. The van der Waals surface area contributed by atoms with E-state index in [1.165, 1.54) is 5.56 Å². The molecule has 0 unspecified atom stereocenters. The quantitative estimate of drug-likeness (QED) is 0.766. The van der Waals surface area contributed by atoms with E-state index < -0.39 is 0 Å². The van der Waals surface area contributed by atoms with E-state index >= 15 is 0 Å². The average Bonchev–Trinajstić information content (AvgIpc) is 2.67. The smallest absolute Gasteiger partial charge is 0.251 e. The van der Waals surface area contributed by atoms with Crippen LogP contribution in [-0.4, -0.2) is 17.9 Å². The van der Waals surface area contributed by atoms with E-state index in [1.807, 2.05) is 43.4 Å². The molecule has 0 aliphatic heterocycles. The zero-order valence-corrected chi connectivity index (χ0v) is 14.4. The molecule has 1 N–H and O–H groups in total. The molecule has 2 aromatic carbocycles. The van der Waals surface area contributed by atoms with Gasteiger partial charge in [0.15, 0.2) is 0 Å². The fourth-order valence-electron chi connectivity index (χ4n) is 2.54. The zero-order valence-electron chi connectivity index (χ0n) is 14.4. The highest BCUT2D eigenvalue weighted by atomic mass is 16.1. The summed E-state index contributed by atoms with van der Waals surface area (Å²) in [6.07, 6.45) is 3.44. The second-order valence-electron chi connectivity index (χ2n) is 5.98. The van der Waals surface area contributed by atoms with Crippen LogP contribution in [0.15, 0.2) is 73.1 Å². The van der Waals surface area contributed by atoms with Crippen LogP contribution >= 0.6 is 0 Å². The highest BCUT2D eigenvalue weighted by Gasteiger charge is 2.08. The molecule has 1 aromatic heterocycles. The Morgan fingerprint density at radius 2 is 1.48 bits per heavy atom. The number of aromatic nitrogens is 1. The van der Waals surface area contributed by atoms with Gasteiger partial charge in [-0.25, -0.2) is 0 Å². The Morgan fingerprint density at radius 1 is 0.920 bits per heavy atom. The molecule has 3 rings (SSSR count). The molecule has 0 spiro atoms. The molecule has 0 saturated carbocycles. The van der Waals surface area contributed by atoms with Gasteiger partial charge in [0.25, 0.3) is 5.91 Å². The number of rotatable bonds is 5. The van der Waals surface area contributed by atoms with Gasteiger partial charge < -0.3 is 10.2 Å². The molecule has 0 aliphatic rings. The predicted molar refractivity (Wildman–Crippen MR) is 101 cm³/mol. The first-order valence-corrected chi connectivity index (χ1v) is 8.21. The molecule has 0 atom stereocenters. The normalized spacial score (nSPS) is 10.3. The lowest BCUT2D eigenvalue weighted by Crippen LogP contribution is -2.22. The van der Waals surface area contributed by atoms with Crippen molar-refractivity contribution in [2.45, 2.75) is 13.5 Å². The summed E-state index contributed by atoms with van der Waals surface area (Å²) in [6, 6.07) is 19.8. The molecule has 1 heterocycles. The summed E-state index contributed by atoms with van der Waals surface area (Å²) in [7, 11) is 2.02. The summed E-state index contributed by atoms with van der Waals surface area (Å²) in [5.74, 6) is -0.0821. The number of hydrogen-bond acceptors (Lipinski definition) is 3. The minimum Gasteiger partial charge on any atom is -0.348 e. The van der Waals surface area contributed by atoms with Crippen molar-refractivity contribution in [2.75, 3.05) is 11.9 Å². The highest BCUT2D eigenvalue weighted by Crippen LogP contribution is 2.24. The summed E-state index contributed by atoms with van der Waals surface area (Å²) in [5.41, 5.74) is 5.06. The third-order valence-electron chi connectivity index (χ3n) is 4.14. The Balaban J connectivity index is 1.65. The minimum atomic E-state index is -0.0821. The van der Waals surface area contributed by atoms with Gasteiger partial charge in [-0.2, -0.15) is 0 Å². The summed E-state index contributed by atoms with van der Waals surface area (Å²) < 4.78 is 0. The van der Waals surface area contributed by atoms with Crippen molar-refractivity contribution in [3.8, 4) is 0 Å². The summed E-state index contributed by atoms with van der Waals surface area (Å²) in [5, 5.41) is 2.92. The molecular formula is C21H21N3O. The molecule has 126 valence electrons. The van der Waals surface area contributed by atoms with Crippen LogP contribution in [0.25, 0.3) is 0 Å². The van der Waals surface area contributed by atoms with E-state index in [0.29, 0.717) is 12.1 Å². The lowest BCUT2D eigenvalue weighted by atomic mass is 10.1. The SMILES string of the molecule is Cc1ccc(N(C)c2ccc(C(=O)NCc3ccncc3)cc2)cc1. The van der Waals surface area contributed by atoms with Gasteiger partial charge in [0.2, 0.25) is 0 Å². The molecule has 0 bridgehead atoms. The maximum atomic E-state index is 12.3. The highest BCUT2D eigenvalue weighted by molar-refractivity contribution is 5.94. The number of benzene rings is 2. The number of carbonyl (C=O) groups is 1. The van der Waals surface area contributed by atoms with Crippen molar-refractivity contribution in [1.29, 1.82) is 0 Å². The number of anilines is 2. The standard InChI is InChI=1S/C21H21N3O/c1-16-3-7-19(8-4-16)24(2)20-9-5-18(6-10-20)21(25)23-15-17-11-13-22-14-12-17/h3-14H,15H2,1-2H3,(H,23,25). The molecule has 0 saturated heterocycles. The van der Waals surface area contributed by atoms with Crippen molar-refractivity contribution >= 4 is 17.3 Å². The first-order chi connectivity index (χ1) is 12.1. The number of nitrogens with one attached hydrogen (secondary N) is 1. The predicted octanol–water partition coefficient (Wildman–Crippen LogP) is 4.09. The van der Waals surface area contributed by atoms with Gasteiger partial charge in [-0.05, 0) is 61.0 Å². The molecule has 0 fully saturated rings. The second-order valence-corrected chi connectivity index (χ2v) is 5.98. The summed E-state index contributed by atoms with van der Waals surface area (Å²) >= 11 is 0.